The Kier molecular flexibility index (Phi) is 12.1. The summed E-state index contributed by atoms with van der Waals surface area (Å²) in [7, 11) is 0. The van der Waals surface area contributed by atoms with Crippen molar-refractivity contribution in [2.45, 2.75) is 123 Å². The Bertz CT molecular complexity index is 958. The van der Waals surface area contributed by atoms with Crippen LogP contribution in [-0.4, -0.2) is 203 Å². The second-order valence-corrected chi connectivity index (χ2v) is 11.4. The van der Waals surface area contributed by atoms with Crippen LogP contribution in [0.3, 0.4) is 0 Å². The summed E-state index contributed by atoms with van der Waals surface area (Å²) in [6, 6.07) is -2.17. The zero-order valence-corrected chi connectivity index (χ0v) is 23.5. The number of aliphatic hydroxyl groups excluding tert-OH is 13. The summed E-state index contributed by atoms with van der Waals surface area (Å²) in [5.74, 6) is 0. The Morgan fingerprint density at radius 3 is 1.73 bits per heavy atom. The quantitative estimate of drug-likeness (QED) is 0.103. The maximum Gasteiger partial charge on any atom is 0.187 e. The molecular formula is C25H43NO18. The van der Waals surface area contributed by atoms with Crippen LogP contribution in [0.2, 0.25) is 0 Å². The third kappa shape index (κ3) is 6.96. The molecule has 0 amide bonds. The van der Waals surface area contributed by atoms with Gasteiger partial charge in [0.2, 0.25) is 0 Å². The van der Waals surface area contributed by atoms with E-state index in [9.17, 15) is 66.4 Å². The van der Waals surface area contributed by atoms with Gasteiger partial charge in [-0.25, -0.2) is 0 Å². The van der Waals surface area contributed by atoms with E-state index < -0.39 is 136 Å². The zero-order valence-electron chi connectivity index (χ0n) is 23.5. The molecule has 3 heterocycles. The molecule has 19 heteroatoms. The highest BCUT2D eigenvalue weighted by molar-refractivity contribution is 5.22. The molecule has 3 aliphatic heterocycles. The van der Waals surface area contributed by atoms with Crippen LogP contribution in [0.5, 0.6) is 0 Å². The number of nitrogens with one attached hydrogen (secondary N) is 1. The maximum atomic E-state index is 10.9. The molecule has 0 radical (unpaired) electrons. The number of rotatable bonds is 9. The summed E-state index contributed by atoms with van der Waals surface area (Å²) in [4.78, 5) is 0. The van der Waals surface area contributed by atoms with E-state index >= 15 is 0 Å². The van der Waals surface area contributed by atoms with E-state index in [2.05, 4.69) is 5.32 Å². The van der Waals surface area contributed by atoms with Gasteiger partial charge in [-0.2, -0.15) is 0 Å². The highest BCUT2D eigenvalue weighted by Crippen LogP contribution is 2.32. The van der Waals surface area contributed by atoms with Crippen molar-refractivity contribution in [3.8, 4) is 0 Å². The Morgan fingerprint density at radius 2 is 1.16 bits per heavy atom. The third-order valence-corrected chi connectivity index (χ3v) is 8.48. The zero-order chi connectivity index (χ0) is 32.6. The molecule has 19 nitrogen and oxygen atoms in total. The fourth-order valence-corrected chi connectivity index (χ4v) is 5.81. The van der Waals surface area contributed by atoms with Crippen LogP contribution in [0.15, 0.2) is 11.6 Å². The smallest absolute Gasteiger partial charge is 0.187 e. The molecule has 0 aromatic rings. The lowest BCUT2D eigenvalue weighted by molar-refractivity contribution is -0.373. The van der Waals surface area contributed by atoms with E-state index in [-0.39, 0.29) is 5.57 Å². The van der Waals surface area contributed by atoms with Crippen molar-refractivity contribution >= 4 is 0 Å². The highest BCUT2D eigenvalue weighted by Gasteiger charge is 2.53. The monoisotopic (exact) mass is 645 g/mol. The second-order valence-electron chi connectivity index (χ2n) is 11.4. The molecule has 4 aliphatic rings. The van der Waals surface area contributed by atoms with E-state index in [0.717, 1.165) is 0 Å². The Labute approximate surface area is 250 Å². The molecule has 4 rings (SSSR count). The molecular weight excluding hydrogens is 602 g/mol. The van der Waals surface area contributed by atoms with Gasteiger partial charge in [-0.05, 0) is 12.5 Å². The molecule has 0 aromatic carbocycles. The topological polar surface area (TPSA) is 321 Å². The number of hydrogen-bond acceptors (Lipinski definition) is 19. The molecule has 3 fully saturated rings. The van der Waals surface area contributed by atoms with Gasteiger partial charge in [-0.1, -0.05) is 6.08 Å². The minimum Gasteiger partial charge on any atom is -0.394 e. The lowest BCUT2D eigenvalue weighted by atomic mass is 9.86. The largest absolute Gasteiger partial charge is 0.394 e. The first kappa shape index (κ1) is 35.8. The van der Waals surface area contributed by atoms with Crippen LogP contribution in [0.25, 0.3) is 0 Å². The standard InChI is InChI=1S/C25H43NO18/c1-6-11(26-8-2-7(3-27)12(30)15(33)13(8)31)14(32)19(37)24(40-6)43-22-10(5-29)42-25(20(38)17(22)35)44-21-9(4-28)41-23(39)18(36)16(21)34/h2,6,8-39H,3-5H2,1H3/t6-,8-,9+,10+,11-,12+,13-,14-,15+,16+,17+,18-,19-,20+,21-,22+,23-,24+,25-/m1/s1. The first-order valence-corrected chi connectivity index (χ1v) is 14.1. The van der Waals surface area contributed by atoms with E-state index in [1.165, 1.54) is 13.0 Å². The van der Waals surface area contributed by atoms with E-state index in [1.54, 1.807) is 0 Å². The van der Waals surface area contributed by atoms with E-state index in [4.69, 9.17) is 23.7 Å². The Hall–Kier alpha value is -1.02. The van der Waals surface area contributed by atoms with Gasteiger partial charge >= 0.3 is 0 Å². The summed E-state index contributed by atoms with van der Waals surface area (Å²) < 4.78 is 27.4. The molecule has 0 bridgehead atoms. The molecule has 0 aromatic heterocycles. The summed E-state index contributed by atoms with van der Waals surface area (Å²) in [6.07, 6.45) is -26.6. The predicted octanol–water partition coefficient (Wildman–Crippen LogP) is -8.56. The third-order valence-electron chi connectivity index (χ3n) is 8.48. The lowest BCUT2D eigenvalue weighted by Crippen LogP contribution is -2.68. The number of ether oxygens (including phenoxy) is 5. The lowest BCUT2D eigenvalue weighted by Gasteiger charge is -2.48. The van der Waals surface area contributed by atoms with Crippen LogP contribution >= 0.6 is 0 Å². The maximum absolute atomic E-state index is 10.9. The molecule has 44 heavy (non-hydrogen) atoms. The van der Waals surface area contributed by atoms with Crippen molar-refractivity contribution < 1.29 is 90.1 Å². The van der Waals surface area contributed by atoms with Crippen molar-refractivity contribution in [3.63, 3.8) is 0 Å². The van der Waals surface area contributed by atoms with Gasteiger partial charge in [0.1, 0.15) is 79.4 Å². The molecule has 256 valence electrons. The predicted molar refractivity (Wildman–Crippen MR) is 138 cm³/mol. The molecule has 19 atom stereocenters. The van der Waals surface area contributed by atoms with Crippen LogP contribution in [0.4, 0.5) is 0 Å². The average molecular weight is 646 g/mol. The fourth-order valence-electron chi connectivity index (χ4n) is 5.81. The van der Waals surface area contributed by atoms with E-state index in [0.29, 0.717) is 0 Å². The first-order chi connectivity index (χ1) is 20.7. The summed E-state index contributed by atoms with van der Waals surface area (Å²) >= 11 is 0. The van der Waals surface area contributed by atoms with Crippen molar-refractivity contribution in [1.82, 2.24) is 5.32 Å². The van der Waals surface area contributed by atoms with Crippen LogP contribution < -0.4 is 5.32 Å². The average Bonchev–Trinajstić information content (AvgIpc) is 3.00. The Balaban J connectivity index is 1.42. The molecule has 1 aliphatic carbocycles. The van der Waals surface area contributed by atoms with Gasteiger partial charge in [-0.15, -0.1) is 0 Å². The SMILES string of the molecule is C[C@H]1O[C@@H](O[C@@H]2[C@@H](O)[C@H](O)[C@@H](O[C@H]3[C@@H](O)[C@@H](O)[C@H](O)O[C@H]3CO)O[C@H]2CO)[C@H](O)[C@H](O)[C@@H]1N[C@@H]1C=C(CO)[C@H](O)[C@H](O)[C@@H]1O. The molecule has 0 saturated carbocycles. The summed E-state index contributed by atoms with van der Waals surface area (Å²) in [6.45, 7) is -0.753. The van der Waals surface area contributed by atoms with Crippen molar-refractivity contribution in [2.24, 2.45) is 0 Å². The van der Waals surface area contributed by atoms with Crippen LogP contribution in [0.1, 0.15) is 6.92 Å². The second kappa shape index (κ2) is 14.8. The molecule has 3 saturated heterocycles. The van der Waals surface area contributed by atoms with E-state index in [1.807, 2.05) is 0 Å². The van der Waals surface area contributed by atoms with Gasteiger partial charge in [0.15, 0.2) is 18.9 Å². The molecule has 14 N–H and O–H groups in total. The number of hydrogen-bond donors (Lipinski definition) is 14. The highest BCUT2D eigenvalue weighted by atomic mass is 16.7. The van der Waals surface area contributed by atoms with Crippen molar-refractivity contribution in [1.29, 1.82) is 0 Å². The van der Waals surface area contributed by atoms with Gasteiger partial charge < -0.3 is 95.4 Å². The van der Waals surface area contributed by atoms with Gasteiger partial charge in [-0.3, -0.25) is 0 Å². The van der Waals surface area contributed by atoms with Crippen molar-refractivity contribution in [2.75, 3.05) is 19.8 Å². The normalized spacial score (nSPS) is 52.0. The molecule has 0 spiro atoms. The van der Waals surface area contributed by atoms with Gasteiger partial charge in [0.25, 0.3) is 0 Å². The summed E-state index contributed by atoms with van der Waals surface area (Å²) in [5.41, 5.74) is 0.0225. The molecule has 0 unspecified atom stereocenters. The van der Waals surface area contributed by atoms with Crippen molar-refractivity contribution in [3.05, 3.63) is 11.6 Å². The number of aliphatic hydroxyl groups is 13. The van der Waals surface area contributed by atoms with Crippen LogP contribution in [-0.2, 0) is 23.7 Å². The Morgan fingerprint density at radius 1 is 0.636 bits per heavy atom. The minimum absolute atomic E-state index is 0.0225. The fraction of sp³-hybridized carbons (Fsp3) is 0.920. The van der Waals surface area contributed by atoms with Gasteiger partial charge in [0, 0.05) is 0 Å². The first-order valence-electron chi connectivity index (χ1n) is 14.1. The summed E-state index contributed by atoms with van der Waals surface area (Å²) in [5, 5.41) is 136. The van der Waals surface area contributed by atoms with Gasteiger partial charge in [0.05, 0.1) is 38.0 Å². The van der Waals surface area contributed by atoms with Crippen LogP contribution in [0, 0.1) is 0 Å². The minimum atomic E-state index is -1.93.